The highest BCUT2D eigenvalue weighted by Crippen LogP contribution is 2.25. The quantitative estimate of drug-likeness (QED) is 0.773. The van der Waals surface area contributed by atoms with Crippen molar-refractivity contribution in [2.45, 2.75) is 32.7 Å². The lowest BCUT2D eigenvalue weighted by Crippen LogP contribution is -2.09. The number of nitrogens with zero attached hydrogens (tertiary/aromatic N) is 1. The van der Waals surface area contributed by atoms with Crippen molar-refractivity contribution in [3.05, 3.63) is 29.3 Å². The fourth-order valence-corrected chi connectivity index (χ4v) is 1.49. The molecular formula is C13H18N2O. The number of hydrogen-bond donors (Lipinski definition) is 1. The average Bonchev–Trinajstić information content (AvgIpc) is 2.26. The summed E-state index contributed by atoms with van der Waals surface area (Å²) in [5.41, 5.74) is 8.08. The molecule has 16 heavy (non-hydrogen) atoms. The average molecular weight is 218 g/mol. The zero-order valence-corrected chi connectivity index (χ0v) is 9.86. The molecule has 3 nitrogen and oxygen atoms in total. The van der Waals surface area contributed by atoms with Crippen LogP contribution in [0.2, 0.25) is 0 Å². The molecule has 0 heterocycles. The summed E-state index contributed by atoms with van der Waals surface area (Å²) in [7, 11) is 0. The van der Waals surface area contributed by atoms with Gasteiger partial charge in [-0.05, 0) is 26.3 Å². The van der Waals surface area contributed by atoms with Crippen LogP contribution in [0, 0.1) is 18.3 Å². The number of nitrogens with two attached hydrogens (primary N) is 1. The number of nitriles is 1. The molecule has 0 radical (unpaired) electrons. The largest absolute Gasteiger partial charge is 0.493 e. The molecule has 0 amide bonds. The number of hydrogen-bond acceptors (Lipinski definition) is 3. The van der Waals surface area contributed by atoms with Gasteiger partial charge in [0.1, 0.15) is 5.75 Å². The highest BCUT2D eigenvalue weighted by Gasteiger charge is 2.07. The predicted octanol–water partition coefficient (Wildman–Crippen LogP) is 2.70. The van der Waals surface area contributed by atoms with Gasteiger partial charge in [-0.15, -0.1) is 0 Å². The van der Waals surface area contributed by atoms with E-state index in [2.05, 4.69) is 6.07 Å². The van der Waals surface area contributed by atoms with Crippen LogP contribution in [0.15, 0.2) is 18.2 Å². The molecule has 0 saturated carbocycles. The molecule has 1 rings (SSSR count). The number of rotatable bonds is 5. The molecule has 0 aliphatic heterocycles. The van der Waals surface area contributed by atoms with Gasteiger partial charge in [-0.25, -0.2) is 0 Å². The van der Waals surface area contributed by atoms with E-state index in [1.807, 2.05) is 32.0 Å². The predicted molar refractivity (Wildman–Crippen MR) is 64.1 cm³/mol. The van der Waals surface area contributed by atoms with Gasteiger partial charge in [0.15, 0.2) is 0 Å². The van der Waals surface area contributed by atoms with Crippen LogP contribution in [0.3, 0.4) is 0 Å². The summed E-state index contributed by atoms with van der Waals surface area (Å²) in [4.78, 5) is 0. The standard InChI is InChI=1S/C13H18N2O/c1-10-5-6-13(12(9-10)11(2)15)16-8-4-3-7-14/h5-6,9,11H,3-4,8,15H2,1-2H3. The molecule has 0 aliphatic rings. The normalized spacial score (nSPS) is 11.9. The highest BCUT2D eigenvalue weighted by molar-refractivity contribution is 5.38. The van der Waals surface area contributed by atoms with Crippen molar-refractivity contribution in [1.82, 2.24) is 0 Å². The topological polar surface area (TPSA) is 59.0 Å². The second kappa shape index (κ2) is 6.14. The van der Waals surface area contributed by atoms with Crippen molar-refractivity contribution >= 4 is 0 Å². The Kier molecular flexibility index (Phi) is 4.81. The third kappa shape index (κ3) is 3.56. The minimum Gasteiger partial charge on any atom is -0.493 e. The van der Waals surface area contributed by atoms with E-state index >= 15 is 0 Å². The van der Waals surface area contributed by atoms with E-state index in [1.54, 1.807) is 0 Å². The van der Waals surface area contributed by atoms with Crippen molar-refractivity contribution in [1.29, 1.82) is 5.26 Å². The molecule has 3 heteroatoms. The first-order chi connectivity index (χ1) is 7.65. The van der Waals surface area contributed by atoms with E-state index < -0.39 is 0 Å². The fraction of sp³-hybridized carbons (Fsp3) is 0.462. The van der Waals surface area contributed by atoms with Crippen LogP contribution in [-0.4, -0.2) is 6.61 Å². The molecule has 1 aromatic rings. The second-order valence-electron chi connectivity index (χ2n) is 3.94. The molecule has 86 valence electrons. The lowest BCUT2D eigenvalue weighted by molar-refractivity contribution is 0.308. The maximum atomic E-state index is 8.42. The Morgan fingerprint density at radius 1 is 1.50 bits per heavy atom. The van der Waals surface area contributed by atoms with Crippen LogP contribution in [0.5, 0.6) is 5.75 Å². The van der Waals surface area contributed by atoms with Gasteiger partial charge < -0.3 is 10.5 Å². The van der Waals surface area contributed by atoms with Gasteiger partial charge in [0, 0.05) is 18.0 Å². The van der Waals surface area contributed by atoms with Crippen LogP contribution in [0.1, 0.15) is 36.9 Å². The molecular weight excluding hydrogens is 200 g/mol. The summed E-state index contributed by atoms with van der Waals surface area (Å²) < 4.78 is 5.62. The number of aryl methyl sites for hydroxylation is 1. The van der Waals surface area contributed by atoms with Crippen molar-refractivity contribution in [2.75, 3.05) is 6.61 Å². The first kappa shape index (κ1) is 12.5. The van der Waals surface area contributed by atoms with E-state index in [1.165, 1.54) is 5.56 Å². The Hall–Kier alpha value is -1.53. The molecule has 0 saturated heterocycles. The number of ether oxygens (including phenoxy) is 1. The summed E-state index contributed by atoms with van der Waals surface area (Å²) in [6.07, 6.45) is 1.28. The van der Waals surface area contributed by atoms with Crippen molar-refractivity contribution < 1.29 is 4.74 Å². The summed E-state index contributed by atoms with van der Waals surface area (Å²) >= 11 is 0. The van der Waals surface area contributed by atoms with Crippen LogP contribution in [-0.2, 0) is 0 Å². The molecule has 2 N–H and O–H groups in total. The summed E-state index contributed by atoms with van der Waals surface area (Å²) in [5, 5.41) is 8.42. The first-order valence-electron chi connectivity index (χ1n) is 5.51. The molecule has 1 unspecified atom stereocenters. The summed E-state index contributed by atoms with van der Waals surface area (Å²) in [6.45, 7) is 4.54. The van der Waals surface area contributed by atoms with Gasteiger partial charge in [-0.2, -0.15) is 5.26 Å². The maximum absolute atomic E-state index is 8.42. The van der Waals surface area contributed by atoms with E-state index in [-0.39, 0.29) is 6.04 Å². The smallest absolute Gasteiger partial charge is 0.124 e. The van der Waals surface area contributed by atoms with Gasteiger partial charge in [0.25, 0.3) is 0 Å². The molecule has 0 aromatic heterocycles. The van der Waals surface area contributed by atoms with Crippen LogP contribution < -0.4 is 10.5 Å². The highest BCUT2D eigenvalue weighted by atomic mass is 16.5. The van der Waals surface area contributed by atoms with E-state index in [9.17, 15) is 0 Å². The molecule has 1 atom stereocenters. The second-order valence-corrected chi connectivity index (χ2v) is 3.94. The van der Waals surface area contributed by atoms with Crippen molar-refractivity contribution in [3.8, 4) is 11.8 Å². The maximum Gasteiger partial charge on any atom is 0.124 e. The molecule has 0 aliphatic carbocycles. The van der Waals surface area contributed by atoms with E-state index in [4.69, 9.17) is 15.7 Å². The van der Waals surface area contributed by atoms with Crippen LogP contribution in [0.25, 0.3) is 0 Å². The SMILES string of the molecule is Cc1ccc(OCCCC#N)c(C(C)N)c1. The Balaban J connectivity index is 2.68. The zero-order valence-electron chi connectivity index (χ0n) is 9.86. The zero-order chi connectivity index (χ0) is 12.0. The fourth-order valence-electron chi connectivity index (χ4n) is 1.49. The number of benzene rings is 1. The molecule has 0 fully saturated rings. The molecule has 1 aromatic carbocycles. The molecule has 0 bridgehead atoms. The van der Waals surface area contributed by atoms with Gasteiger partial charge >= 0.3 is 0 Å². The van der Waals surface area contributed by atoms with Gasteiger partial charge in [-0.1, -0.05) is 17.7 Å². The Labute approximate surface area is 96.8 Å². The van der Waals surface area contributed by atoms with Gasteiger partial charge in [0.05, 0.1) is 12.7 Å². The third-order valence-electron chi connectivity index (χ3n) is 2.35. The summed E-state index contributed by atoms with van der Waals surface area (Å²) in [5.74, 6) is 0.832. The summed E-state index contributed by atoms with van der Waals surface area (Å²) in [6, 6.07) is 8.06. The lowest BCUT2D eigenvalue weighted by Gasteiger charge is -2.14. The minimum atomic E-state index is -0.0362. The first-order valence-corrected chi connectivity index (χ1v) is 5.51. The number of unbranched alkanes of at least 4 members (excludes halogenated alkanes) is 1. The molecule has 0 spiro atoms. The Morgan fingerprint density at radius 2 is 2.25 bits per heavy atom. The van der Waals surface area contributed by atoms with Gasteiger partial charge in [-0.3, -0.25) is 0 Å². The van der Waals surface area contributed by atoms with E-state index in [0.29, 0.717) is 13.0 Å². The van der Waals surface area contributed by atoms with Crippen molar-refractivity contribution in [2.24, 2.45) is 5.73 Å². The minimum absolute atomic E-state index is 0.0362. The lowest BCUT2D eigenvalue weighted by atomic mass is 10.1. The van der Waals surface area contributed by atoms with Gasteiger partial charge in [0.2, 0.25) is 0 Å². The Bertz CT molecular complexity index is 380. The van der Waals surface area contributed by atoms with Crippen LogP contribution in [0.4, 0.5) is 0 Å². The monoisotopic (exact) mass is 218 g/mol. The Morgan fingerprint density at radius 3 is 2.88 bits per heavy atom. The van der Waals surface area contributed by atoms with E-state index in [0.717, 1.165) is 17.7 Å². The van der Waals surface area contributed by atoms with Crippen molar-refractivity contribution in [3.63, 3.8) is 0 Å². The third-order valence-corrected chi connectivity index (χ3v) is 2.35. The van der Waals surface area contributed by atoms with Crippen LogP contribution >= 0.6 is 0 Å².